The van der Waals surface area contributed by atoms with Gasteiger partial charge in [0.05, 0.1) is 20.6 Å². The van der Waals surface area contributed by atoms with Crippen LogP contribution >= 0.6 is 23.2 Å². The van der Waals surface area contributed by atoms with Gasteiger partial charge in [-0.25, -0.2) is 13.4 Å². The fourth-order valence-corrected chi connectivity index (χ4v) is 6.31. The molecule has 12 heteroatoms. The summed E-state index contributed by atoms with van der Waals surface area (Å²) in [6.45, 7) is 5.31. The van der Waals surface area contributed by atoms with E-state index in [1.807, 2.05) is 6.92 Å². The van der Waals surface area contributed by atoms with Gasteiger partial charge in [-0.1, -0.05) is 30.1 Å². The molecule has 0 aliphatic carbocycles. The first-order valence-electron chi connectivity index (χ1n) is 11.3. The molecule has 4 N–H and O–H groups in total. The second-order valence-electron chi connectivity index (χ2n) is 8.85. The van der Waals surface area contributed by atoms with Crippen LogP contribution in [0.2, 0.25) is 10.0 Å². The van der Waals surface area contributed by atoms with Crippen molar-refractivity contribution < 1.29 is 13.2 Å². The molecule has 188 valence electrons. The fourth-order valence-electron chi connectivity index (χ4n) is 4.29. The number of nitrogens with zero attached hydrogens (tertiary/aromatic N) is 3. The predicted molar refractivity (Wildman–Crippen MR) is 135 cm³/mol. The molecule has 1 aromatic heterocycles. The lowest BCUT2D eigenvalue weighted by molar-refractivity contribution is -0.139. The zero-order valence-corrected chi connectivity index (χ0v) is 21.9. The van der Waals surface area contributed by atoms with Gasteiger partial charge in [0.15, 0.2) is 5.95 Å². The van der Waals surface area contributed by atoms with Crippen molar-refractivity contribution in [1.82, 2.24) is 19.2 Å². The van der Waals surface area contributed by atoms with Crippen molar-refractivity contribution >= 4 is 50.8 Å². The van der Waals surface area contributed by atoms with Crippen molar-refractivity contribution in [1.29, 1.82) is 0 Å². The van der Waals surface area contributed by atoms with E-state index in [-0.39, 0.29) is 32.6 Å². The van der Waals surface area contributed by atoms with E-state index in [0.29, 0.717) is 37.8 Å². The number of nitrogen functional groups attached to an aromatic ring is 1. The van der Waals surface area contributed by atoms with E-state index in [2.05, 4.69) is 22.2 Å². The lowest BCUT2D eigenvalue weighted by atomic mass is 9.92. The Morgan fingerprint density at radius 1 is 1.35 bits per heavy atom. The van der Waals surface area contributed by atoms with Crippen LogP contribution in [-0.4, -0.2) is 65.7 Å². The average molecular weight is 532 g/mol. The molecule has 0 spiro atoms. The number of carbonyl (C=O) groups is 1. The Bertz CT molecular complexity index is 1070. The monoisotopic (exact) mass is 530 g/mol. The van der Waals surface area contributed by atoms with Crippen molar-refractivity contribution in [3.8, 4) is 0 Å². The molecule has 1 fully saturated rings. The highest BCUT2D eigenvalue weighted by molar-refractivity contribution is 7.89. The number of halogens is 2. The normalized spacial score (nSPS) is 19.9. The zero-order valence-electron chi connectivity index (χ0n) is 19.6. The molecular formula is C22H32Cl2N6O3S. The van der Waals surface area contributed by atoms with E-state index in [4.69, 9.17) is 28.9 Å². The molecule has 2 heterocycles. The lowest BCUT2D eigenvalue weighted by Crippen LogP contribution is -2.54. The maximum absolute atomic E-state index is 13.7. The summed E-state index contributed by atoms with van der Waals surface area (Å²) in [5.74, 6) is 0.945. The third-order valence-electron chi connectivity index (χ3n) is 6.32. The summed E-state index contributed by atoms with van der Waals surface area (Å²) < 4.78 is 28.1. The molecule has 9 nitrogen and oxygen atoms in total. The number of H-pyrrole nitrogens is 1. The Balaban J connectivity index is 1.84. The minimum Gasteiger partial charge on any atom is -0.396 e. The number of aromatic nitrogens is 2. The largest absolute Gasteiger partial charge is 0.396 e. The summed E-state index contributed by atoms with van der Waals surface area (Å²) in [6.07, 6.45) is 6.00. The van der Waals surface area contributed by atoms with Crippen molar-refractivity contribution in [3.05, 3.63) is 34.6 Å². The molecule has 2 unspecified atom stereocenters. The summed E-state index contributed by atoms with van der Waals surface area (Å²) in [5, 5.41) is 3.23. The van der Waals surface area contributed by atoms with Crippen molar-refractivity contribution in [2.24, 2.45) is 5.92 Å². The van der Waals surface area contributed by atoms with Crippen LogP contribution in [0.4, 0.5) is 11.6 Å². The number of sulfonamides is 1. The molecule has 34 heavy (non-hydrogen) atoms. The Hall–Kier alpha value is -2.01. The lowest BCUT2D eigenvalue weighted by Gasteiger charge is -2.40. The number of aromatic amines is 1. The number of hydrogen-bond acceptors (Lipinski definition) is 6. The molecule has 1 amide bonds. The highest BCUT2D eigenvalue weighted by Gasteiger charge is 2.38. The van der Waals surface area contributed by atoms with E-state index in [1.165, 1.54) is 19.2 Å². The van der Waals surface area contributed by atoms with Crippen LogP contribution in [-0.2, 0) is 14.8 Å². The topological polar surface area (TPSA) is 124 Å². The highest BCUT2D eigenvalue weighted by atomic mass is 35.5. The van der Waals surface area contributed by atoms with E-state index in [9.17, 15) is 13.2 Å². The average Bonchev–Trinajstić information content (AvgIpc) is 3.30. The predicted octanol–water partition coefficient (Wildman–Crippen LogP) is 3.83. The quantitative estimate of drug-likeness (QED) is 0.334. The number of rotatable bonds is 9. The first-order valence-corrected chi connectivity index (χ1v) is 13.5. The number of piperidine rings is 1. The maximum atomic E-state index is 13.7. The molecule has 1 aliphatic rings. The summed E-state index contributed by atoms with van der Waals surface area (Å²) in [6, 6.07) is 1.69. The van der Waals surface area contributed by atoms with Gasteiger partial charge >= 0.3 is 0 Å². The molecule has 0 bridgehead atoms. The molecule has 1 aromatic carbocycles. The van der Waals surface area contributed by atoms with Crippen LogP contribution in [0.3, 0.4) is 0 Å². The second-order valence-corrected chi connectivity index (χ2v) is 11.7. The molecule has 3 atom stereocenters. The molecular weight excluding hydrogens is 499 g/mol. The van der Waals surface area contributed by atoms with Gasteiger partial charge in [-0.3, -0.25) is 4.79 Å². The van der Waals surface area contributed by atoms with Crippen LogP contribution in [0.15, 0.2) is 29.4 Å². The molecule has 0 radical (unpaired) electrons. The second kappa shape index (κ2) is 11.2. The SMILES string of the molecule is CC1CCN(C(=O)[C@H](CCCNc2ncc[nH]2)N(C)S(=O)(=O)c2cc(Cl)c(N)c(Cl)c2)C(C)C1. The Morgan fingerprint density at radius 3 is 2.62 bits per heavy atom. The first-order chi connectivity index (χ1) is 16.0. The van der Waals surface area contributed by atoms with Gasteiger partial charge in [0.2, 0.25) is 15.9 Å². The number of likely N-dealkylation sites (N-methyl/N-ethyl adjacent to an activating group) is 1. The van der Waals surface area contributed by atoms with Gasteiger partial charge in [-0.15, -0.1) is 0 Å². The number of amides is 1. The summed E-state index contributed by atoms with van der Waals surface area (Å²) in [4.78, 5) is 22.4. The van der Waals surface area contributed by atoms with Gasteiger partial charge in [0.25, 0.3) is 0 Å². The molecule has 1 aliphatic heterocycles. The van der Waals surface area contributed by atoms with Crippen LogP contribution < -0.4 is 11.1 Å². The van der Waals surface area contributed by atoms with Gasteiger partial charge in [-0.05, 0) is 50.7 Å². The number of benzene rings is 1. The van der Waals surface area contributed by atoms with Gasteiger partial charge in [0, 0.05) is 38.6 Å². The standard InChI is InChI=1S/C22H32Cl2N6O3S/c1-14-6-10-30(15(2)11-14)21(31)19(5-4-7-26-22-27-8-9-28-22)29(3)34(32,33)16-12-17(23)20(25)18(24)13-16/h8-9,12-15,19H,4-7,10-11,25H2,1-3H3,(H2,26,27,28)/t14?,15?,19-/m0/s1. The fraction of sp³-hybridized carbons (Fsp3) is 0.545. The highest BCUT2D eigenvalue weighted by Crippen LogP contribution is 2.33. The summed E-state index contributed by atoms with van der Waals surface area (Å²) in [7, 11) is -2.65. The first kappa shape index (κ1) is 26.6. The number of carbonyl (C=O) groups excluding carboxylic acids is 1. The molecule has 2 aromatic rings. The Kier molecular flexibility index (Phi) is 8.72. The van der Waals surface area contributed by atoms with E-state index < -0.39 is 16.1 Å². The third kappa shape index (κ3) is 5.97. The Morgan fingerprint density at radius 2 is 2.03 bits per heavy atom. The van der Waals surface area contributed by atoms with Crippen LogP contribution in [0.5, 0.6) is 0 Å². The number of anilines is 2. The van der Waals surface area contributed by atoms with Crippen molar-refractivity contribution in [2.45, 2.75) is 56.5 Å². The summed E-state index contributed by atoms with van der Waals surface area (Å²) >= 11 is 12.2. The molecule has 0 saturated carbocycles. The number of nitrogens with two attached hydrogens (primary N) is 1. The van der Waals surface area contributed by atoms with Crippen molar-refractivity contribution in [2.75, 3.05) is 31.2 Å². The maximum Gasteiger partial charge on any atom is 0.243 e. The minimum absolute atomic E-state index is 0.0384. The van der Waals surface area contributed by atoms with Crippen LogP contribution in [0, 0.1) is 5.92 Å². The van der Waals surface area contributed by atoms with E-state index in [1.54, 1.807) is 17.3 Å². The molecule has 1 saturated heterocycles. The number of imidazole rings is 1. The van der Waals surface area contributed by atoms with E-state index in [0.717, 1.165) is 17.1 Å². The number of nitrogens with one attached hydrogen (secondary N) is 2. The third-order valence-corrected chi connectivity index (χ3v) is 8.79. The van der Waals surface area contributed by atoms with Gasteiger partial charge < -0.3 is 20.9 Å². The van der Waals surface area contributed by atoms with Crippen LogP contribution in [0.25, 0.3) is 0 Å². The molecule has 3 rings (SSSR count). The van der Waals surface area contributed by atoms with Crippen LogP contribution in [0.1, 0.15) is 39.5 Å². The smallest absolute Gasteiger partial charge is 0.243 e. The minimum atomic E-state index is -4.07. The Labute approximate surface area is 211 Å². The number of hydrogen-bond donors (Lipinski definition) is 3. The van der Waals surface area contributed by atoms with Gasteiger partial charge in [0.1, 0.15) is 6.04 Å². The van der Waals surface area contributed by atoms with Crippen molar-refractivity contribution in [3.63, 3.8) is 0 Å². The summed E-state index contributed by atoms with van der Waals surface area (Å²) in [5.41, 5.74) is 5.88. The van der Waals surface area contributed by atoms with E-state index >= 15 is 0 Å². The zero-order chi connectivity index (χ0) is 25.0. The van der Waals surface area contributed by atoms with Gasteiger partial charge in [-0.2, -0.15) is 4.31 Å². The number of likely N-dealkylation sites (tertiary alicyclic amines) is 1.